The van der Waals surface area contributed by atoms with Crippen molar-refractivity contribution >= 4 is 21.7 Å². The van der Waals surface area contributed by atoms with Gasteiger partial charge in [0.25, 0.3) is 10.0 Å². The number of carboxylic acid groups (broad SMARTS) is 1. The van der Waals surface area contributed by atoms with Crippen molar-refractivity contribution in [2.45, 2.75) is 18.7 Å². The van der Waals surface area contributed by atoms with Gasteiger partial charge in [0.05, 0.1) is 16.1 Å². The molecule has 2 rings (SSSR count). The first-order valence-corrected chi connectivity index (χ1v) is 7.72. The van der Waals surface area contributed by atoms with Crippen LogP contribution in [0.1, 0.15) is 21.5 Å². The van der Waals surface area contributed by atoms with Crippen LogP contribution in [0, 0.1) is 13.8 Å². The summed E-state index contributed by atoms with van der Waals surface area (Å²) >= 11 is 0. The number of rotatable bonds is 4. The molecule has 21 heavy (non-hydrogen) atoms. The summed E-state index contributed by atoms with van der Waals surface area (Å²) in [5.41, 5.74) is 1.31. The fourth-order valence-corrected chi connectivity index (χ4v) is 3.20. The molecule has 0 saturated carbocycles. The second kappa shape index (κ2) is 5.57. The van der Waals surface area contributed by atoms with Gasteiger partial charge in [0.2, 0.25) is 0 Å². The zero-order valence-corrected chi connectivity index (χ0v) is 12.4. The summed E-state index contributed by atoms with van der Waals surface area (Å²) in [6.45, 7) is 3.41. The maximum absolute atomic E-state index is 12.3. The van der Waals surface area contributed by atoms with Gasteiger partial charge in [0, 0.05) is 0 Å². The zero-order valence-electron chi connectivity index (χ0n) is 11.6. The molecule has 0 amide bonds. The molecule has 0 aromatic heterocycles. The molecular weight excluding hydrogens is 290 g/mol. The summed E-state index contributed by atoms with van der Waals surface area (Å²) in [6, 6.07) is 11.1. The van der Waals surface area contributed by atoms with E-state index in [9.17, 15) is 18.3 Å². The smallest absolute Gasteiger partial charge is 0.338 e. The van der Waals surface area contributed by atoms with E-state index in [2.05, 4.69) is 4.72 Å². The van der Waals surface area contributed by atoms with Crippen LogP contribution in [0.2, 0.25) is 0 Å². The number of anilines is 1. The van der Waals surface area contributed by atoms with Crippen molar-refractivity contribution in [3.8, 4) is 0 Å². The molecule has 0 heterocycles. The third-order valence-corrected chi connectivity index (χ3v) is 4.39. The average molecular weight is 305 g/mol. The molecule has 5 nitrogen and oxygen atoms in total. The maximum atomic E-state index is 12.3. The highest BCUT2D eigenvalue weighted by Crippen LogP contribution is 2.23. The highest BCUT2D eigenvalue weighted by atomic mass is 32.2. The first kappa shape index (κ1) is 15.1. The van der Waals surface area contributed by atoms with E-state index in [1.54, 1.807) is 38.1 Å². The fourth-order valence-electron chi connectivity index (χ4n) is 2.02. The van der Waals surface area contributed by atoms with E-state index in [-0.39, 0.29) is 16.1 Å². The van der Waals surface area contributed by atoms with Crippen LogP contribution >= 0.6 is 0 Å². The highest BCUT2D eigenvalue weighted by molar-refractivity contribution is 7.92. The largest absolute Gasteiger partial charge is 0.478 e. The van der Waals surface area contributed by atoms with E-state index in [4.69, 9.17) is 0 Å². The van der Waals surface area contributed by atoms with Crippen molar-refractivity contribution in [2.75, 3.05) is 4.72 Å². The molecule has 0 unspecified atom stereocenters. The molecule has 0 spiro atoms. The van der Waals surface area contributed by atoms with E-state index >= 15 is 0 Å². The first-order valence-electron chi connectivity index (χ1n) is 6.23. The van der Waals surface area contributed by atoms with Gasteiger partial charge in [-0.1, -0.05) is 24.3 Å². The van der Waals surface area contributed by atoms with E-state index in [0.29, 0.717) is 5.56 Å². The highest BCUT2D eigenvalue weighted by Gasteiger charge is 2.19. The summed E-state index contributed by atoms with van der Waals surface area (Å²) in [5, 5.41) is 9.22. The molecule has 110 valence electrons. The Kier molecular flexibility index (Phi) is 3.99. The molecule has 0 bridgehead atoms. The molecule has 2 N–H and O–H groups in total. The lowest BCUT2D eigenvalue weighted by atomic mass is 10.1. The fraction of sp³-hybridized carbons (Fsp3) is 0.133. The summed E-state index contributed by atoms with van der Waals surface area (Å²) in [7, 11) is -3.82. The Hall–Kier alpha value is -2.34. The molecule has 2 aromatic carbocycles. The van der Waals surface area contributed by atoms with E-state index < -0.39 is 16.0 Å². The molecule has 0 aliphatic heterocycles. The summed E-state index contributed by atoms with van der Waals surface area (Å²) in [5.74, 6) is -1.17. The van der Waals surface area contributed by atoms with Gasteiger partial charge < -0.3 is 5.11 Å². The molecule has 0 fully saturated rings. The molecule has 6 heteroatoms. The Morgan fingerprint density at radius 1 is 1.10 bits per heavy atom. The third kappa shape index (κ3) is 3.22. The molecule has 0 radical (unpaired) electrons. The van der Waals surface area contributed by atoms with Crippen molar-refractivity contribution in [1.29, 1.82) is 0 Å². The van der Waals surface area contributed by atoms with Crippen LogP contribution in [0.25, 0.3) is 0 Å². The Labute approximate surface area is 123 Å². The van der Waals surface area contributed by atoms with Gasteiger partial charge in [0.1, 0.15) is 0 Å². The van der Waals surface area contributed by atoms with Crippen molar-refractivity contribution in [3.05, 3.63) is 59.2 Å². The lowest BCUT2D eigenvalue weighted by molar-refractivity contribution is 0.0697. The predicted octanol–water partition coefficient (Wildman–Crippen LogP) is 2.80. The summed E-state index contributed by atoms with van der Waals surface area (Å²) < 4.78 is 27.0. The number of sulfonamides is 1. The third-order valence-electron chi connectivity index (χ3n) is 3.03. The van der Waals surface area contributed by atoms with Crippen LogP contribution in [-0.2, 0) is 10.0 Å². The second-order valence-electron chi connectivity index (χ2n) is 4.72. The number of benzene rings is 2. The average Bonchev–Trinajstić information content (AvgIpc) is 2.37. The van der Waals surface area contributed by atoms with Gasteiger partial charge in [-0.3, -0.25) is 4.72 Å². The lowest BCUT2D eigenvalue weighted by Crippen LogP contribution is -2.16. The van der Waals surface area contributed by atoms with Crippen LogP contribution < -0.4 is 4.72 Å². The molecule has 0 aliphatic rings. The number of hydrogen-bond donors (Lipinski definition) is 2. The summed E-state index contributed by atoms with van der Waals surface area (Å²) in [4.78, 5) is 11.4. The van der Waals surface area contributed by atoms with Crippen LogP contribution in [-0.4, -0.2) is 19.5 Å². The van der Waals surface area contributed by atoms with Gasteiger partial charge in [0.15, 0.2) is 0 Å². The Morgan fingerprint density at radius 3 is 2.38 bits per heavy atom. The number of aryl methyl sites for hydroxylation is 2. The monoisotopic (exact) mass is 305 g/mol. The standard InChI is InChI=1S/C15H15NO4S/c1-10-5-3-7-12(9-10)21(19,20)16-13-8-4-6-11(2)14(13)15(17)18/h3-9,16H,1-2H3,(H,17,18). The molecule has 0 atom stereocenters. The molecule has 0 saturated heterocycles. The summed E-state index contributed by atoms with van der Waals surface area (Å²) in [6.07, 6.45) is 0. The van der Waals surface area contributed by atoms with Gasteiger partial charge in [-0.05, 0) is 43.2 Å². The van der Waals surface area contributed by atoms with Crippen LogP contribution in [0.3, 0.4) is 0 Å². The predicted molar refractivity (Wildman–Crippen MR) is 80.1 cm³/mol. The van der Waals surface area contributed by atoms with E-state index in [0.717, 1.165) is 5.56 Å². The van der Waals surface area contributed by atoms with Crippen LogP contribution in [0.4, 0.5) is 5.69 Å². The number of nitrogens with one attached hydrogen (secondary N) is 1. The van der Waals surface area contributed by atoms with Crippen LogP contribution in [0.15, 0.2) is 47.4 Å². The maximum Gasteiger partial charge on any atom is 0.338 e. The lowest BCUT2D eigenvalue weighted by Gasteiger charge is -2.12. The topological polar surface area (TPSA) is 83.5 Å². The first-order chi connectivity index (χ1) is 9.81. The minimum atomic E-state index is -3.82. The van der Waals surface area contributed by atoms with Crippen molar-refractivity contribution < 1.29 is 18.3 Å². The molecule has 2 aromatic rings. The Morgan fingerprint density at radius 2 is 1.76 bits per heavy atom. The second-order valence-corrected chi connectivity index (χ2v) is 6.41. The van der Waals surface area contributed by atoms with Gasteiger partial charge >= 0.3 is 5.97 Å². The van der Waals surface area contributed by atoms with Gasteiger partial charge in [-0.25, -0.2) is 13.2 Å². The van der Waals surface area contributed by atoms with Gasteiger partial charge in [-0.15, -0.1) is 0 Å². The molecule has 0 aliphatic carbocycles. The Balaban J connectivity index is 2.47. The zero-order chi connectivity index (χ0) is 15.6. The quantitative estimate of drug-likeness (QED) is 0.909. The van der Waals surface area contributed by atoms with Crippen molar-refractivity contribution in [3.63, 3.8) is 0 Å². The number of aromatic carboxylic acids is 1. The Bertz CT molecular complexity index is 797. The van der Waals surface area contributed by atoms with Gasteiger partial charge in [-0.2, -0.15) is 0 Å². The normalized spacial score (nSPS) is 11.1. The minimum Gasteiger partial charge on any atom is -0.478 e. The minimum absolute atomic E-state index is 0.0475. The molecular formula is C15H15NO4S. The van der Waals surface area contributed by atoms with Crippen molar-refractivity contribution in [1.82, 2.24) is 0 Å². The van der Waals surface area contributed by atoms with Crippen molar-refractivity contribution in [2.24, 2.45) is 0 Å². The number of hydrogen-bond acceptors (Lipinski definition) is 3. The number of carboxylic acids is 1. The number of carbonyl (C=O) groups is 1. The van der Waals surface area contributed by atoms with E-state index in [1.807, 2.05) is 0 Å². The van der Waals surface area contributed by atoms with E-state index in [1.165, 1.54) is 18.2 Å². The van der Waals surface area contributed by atoms with Crippen LogP contribution in [0.5, 0.6) is 0 Å². The SMILES string of the molecule is Cc1cccc(S(=O)(=O)Nc2cccc(C)c2C(=O)O)c1.